The van der Waals surface area contributed by atoms with Crippen molar-refractivity contribution in [3.05, 3.63) is 84.4 Å². The number of anilines is 3. The first-order valence-electron chi connectivity index (χ1n) is 8.50. The lowest BCUT2D eigenvalue weighted by molar-refractivity contribution is 0.627. The molecule has 0 bridgehead atoms. The highest BCUT2D eigenvalue weighted by molar-refractivity contribution is 5.68. The van der Waals surface area contributed by atoms with Crippen LogP contribution in [-0.4, -0.2) is 14.8 Å². The number of benzene rings is 2. The van der Waals surface area contributed by atoms with E-state index in [1.165, 1.54) is 12.1 Å². The maximum atomic E-state index is 13.3. The van der Waals surface area contributed by atoms with E-state index in [0.29, 0.717) is 11.5 Å². The summed E-state index contributed by atoms with van der Waals surface area (Å²) in [7, 11) is 0. The third-order valence-corrected chi connectivity index (χ3v) is 4.14. The number of nitrogens with one attached hydrogen (secondary N) is 1. The van der Waals surface area contributed by atoms with Crippen molar-refractivity contribution in [1.29, 1.82) is 0 Å². The molecule has 0 saturated carbocycles. The van der Waals surface area contributed by atoms with Gasteiger partial charge in [-0.1, -0.05) is 0 Å². The Bertz CT molecular complexity index is 1070. The van der Waals surface area contributed by atoms with Crippen molar-refractivity contribution < 1.29 is 4.39 Å². The average Bonchev–Trinajstić information content (AvgIpc) is 3.06. The predicted molar refractivity (Wildman–Crippen MR) is 106 cm³/mol. The third kappa shape index (κ3) is 3.64. The fourth-order valence-corrected chi connectivity index (χ4v) is 2.86. The largest absolute Gasteiger partial charge is 0.399 e. The quantitative estimate of drug-likeness (QED) is 0.518. The highest BCUT2D eigenvalue weighted by Gasteiger charge is 2.11. The lowest BCUT2D eigenvalue weighted by atomic mass is 10.1. The van der Waals surface area contributed by atoms with Crippen LogP contribution in [0.25, 0.3) is 16.9 Å². The molecule has 5 nitrogen and oxygen atoms in total. The Kier molecular flexibility index (Phi) is 4.30. The zero-order valence-electron chi connectivity index (χ0n) is 14.7. The summed E-state index contributed by atoms with van der Waals surface area (Å²) in [5.41, 5.74) is 10.9. The van der Waals surface area contributed by atoms with E-state index >= 15 is 0 Å². The number of nitrogens with zero attached hydrogens (tertiary/aromatic N) is 3. The lowest BCUT2D eigenvalue weighted by Gasteiger charge is -2.10. The molecule has 4 aromatic rings. The summed E-state index contributed by atoms with van der Waals surface area (Å²) in [5, 5.41) is 7.82. The average molecular weight is 359 g/mol. The molecule has 4 rings (SSSR count). The first-order chi connectivity index (χ1) is 13.1. The van der Waals surface area contributed by atoms with Gasteiger partial charge < -0.3 is 11.1 Å². The summed E-state index contributed by atoms with van der Waals surface area (Å²) in [6.45, 7) is 1.93. The summed E-state index contributed by atoms with van der Waals surface area (Å²) < 4.78 is 15.1. The van der Waals surface area contributed by atoms with Crippen molar-refractivity contribution in [2.75, 3.05) is 11.1 Å². The van der Waals surface area contributed by atoms with Gasteiger partial charge in [0.15, 0.2) is 0 Å². The summed E-state index contributed by atoms with van der Waals surface area (Å²) in [6.07, 6.45) is 1.74. The minimum absolute atomic E-state index is 0.275. The molecule has 0 unspecified atom stereocenters. The highest BCUT2D eigenvalue weighted by Crippen LogP contribution is 2.26. The summed E-state index contributed by atoms with van der Waals surface area (Å²) >= 11 is 0. The SMILES string of the molecule is Cc1cc(-c2ccnc(Nc3ccc(N)cc3)c2)n(-c2ccc(F)cc2)n1. The molecular formula is C21H18FN5. The Morgan fingerprint density at radius 1 is 0.963 bits per heavy atom. The van der Waals surface area contributed by atoms with Gasteiger partial charge in [0, 0.05) is 23.1 Å². The molecule has 27 heavy (non-hydrogen) atoms. The zero-order valence-corrected chi connectivity index (χ0v) is 14.7. The molecule has 0 aliphatic carbocycles. The number of aromatic nitrogens is 3. The van der Waals surface area contributed by atoms with Crippen LogP contribution in [0.1, 0.15) is 5.69 Å². The third-order valence-electron chi connectivity index (χ3n) is 4.14. The molecule has 2 aromatic carbocycles. The van der Waals surface area contributed by atoms with E-state index in [-0.39, 0.29) is 5.82 Å². The van der Waals surface area contributed by atoms with Gasteiger partial charge in [-0.05, 0) is 73.7 Å². The molecular weight excluding hydrogens is 341 g/mol. The Morgan fingerprint density at radius 3 is 2.44 bits per heavy atom. The van der Waals surface area contributed by atoms with Gasteiger partial charge in [-0.2, -0.15) is 5.10 Å². The number of halogens is 1. The number of nitrogen functional groups attached to an aromatic ring is 1. The van der Waals surface area contributed by atoms with Crippen LogP contribution in [0.2, 0.25) is 0 Å². The van der Waals surface area contributed by atoms with E-state index in [9.17, 15) is 4.39 Å². The van der Waals surface area contributed by atoms with Crippen LogP contribution in [-0.2, 0) is 0 Å². The van der Waals surface area contributed by atoms with Crippen molar-refractivity contribution in [2.24, 2.45) is 0 Å². The molecule has 6 heteroatoms. The van der Waals surface area contributed by atoms with Gasteiger partial charge in [0.2, 0.25) is 0 Å². The Hall–Kier alpha value is -3.67. The molecule has 2 aromatic heterocycles. The van der Waals surface area contributed by atoms with E-state index in [1.807, 2.05) is 49.4 Å². The standard InChI is InChI=1S/C21H18FN5/c1-14-12-20(27(26-14)19-8-2-16(22)3-9-19)15-10-11-24-21(13-15)25-18-6-4-17(23)5-7-18/h2-13H,23H2,1H3,(H,24,25). The Balaban J connectivity index is 1.70. The molecule has 134 valence electrons. The molecule has 2 heterocycles. The fraction of sp³-hybridized carbons (Fsp3) is 0.0476. The normalized spacial score (nSPS) is 10.7. The first kappa shape index (κ1) is 16.8. The lowest BCUT2D eigenvalue weighted by Crippen LogP contribution is -2.00. The molecule has 0 amide bonds. The number of aryl methyl sites for hydroxylation is 1. The summed E-state index contributed by atoms with van der Waals surface area (Å²) in [4.78, 5) is 4.38. The summed E-state index contributed by atoms with van der Waals surface area (Å²) in [5.74, 6) is 0.435. The Morgan fingerprint density at radius 2 is 1.70 bits per heavy atom. The molecule has 0 atom stereocenters. The predicted octanol–water partition coefficient (Wildman–Crippen LogP) is 4.71. The number of nitrogens with two attached hydrogens (primary N) is 1. The molecule has 0 aliphatic heterocycles. The summed E-state index contributed by atoms with van der Waals surface area (Å²) in [6, 6.07) is 19.6. The van der Waals surface area contributed by atoms with E-state index in [0.717, 1.165) is 28.3 Å². The van der Waals surface area contributed by atoms with Crippen LogP contribution in [0, 0.1) is 12.7 Å². The molecule has 0 fully saturated rings. The number of rotatable bonds is 4. The maximum absolute atomic E-state index is 13.3. The maximum Gasteiger partial charge on any atom is 0.130 e. The molecule has 0 spiro atoms. The van der Waals surface area contributed by atoms with E-state index in [4.69, 9.17) is 5.73 Å². The highest BCUT2D eigenvalue weighted by atomic mass is 19.1. The van der Waals surface area contributed by atoms with E-state index in [2.05, 4.69) is 15.4 Å². The monoisotopic (exact) mass is 359 g/mol. The van der Waals surface area contributed by atoms with Crippen molar-refractivity contribution >= 4 is 17.2 Å². The van der Waals surface area contributed by atoms with Crippen LogP contribution >= 0.6 is 0 Å². The van der Waals surface area contributed by atoms with Gasteiger partial charge in [-0.3, -0.25) is 0 Å². The minimum Gasteiger partial charge on any atom is -0.399 e. The Labute approximate surface area is 156 Å². The van der Waals surface area contributed by atoms with Crippen LogP contribution in [0.15, 0.2) is 72.9 Å². The molecule has 3 N–H and O–H groups in total. The van der Waals surface area contributed by atoms with Crippen molar-refractivity contribution in [2.45, 2.75) is 6.92 Å². The van der Waals surface area contributed by atoms with Crippen molar-refractivity contribution in [3.8, 4) is 16.9 Å². The second-order valence-electron chi connectivity index (χ2n) is 6.24. The second kappa shape index (κ2) is 6.92. The van der Waals surface area contributed by atoms with Crippen molar-refractivity contribution in [1.82, 2.24) is 14.8 Å². The number of hydrogen-bond donors (Lipinski definition) is 2. The van der Waals surface area contributed by atoms with Crippen molar-refractivity contribution in [3.63, 3.8) is 0 Å². The van der Waals surface area contributed by atoms with Crippen LogP contribution in [0.5, 0.6) is 0 Å². The topological polar surface area (TPSA) is 68.8 Å². The number of pyridine rings is 1. The van der Waals surface area contributed by atoms with Crippen LogP contribution < -0.4 is 11.1 Å². The molecule has 0 aliphatic rings. The van der Waals surface area contributed by atoms with E-state index < -0.39 is 0 Å². The smallest absolute Gasteiger partial charge is 0.130 e. The van der Waals surface area contributed by atoms with Crippen LogP contribution in [0.3, 0.4) is 0 Å². The molecule has 0 radical (unpaired) electrons. The van der Waals surface area contributed by atoms with Gasteiger partial charge in [0.1, 0.15) is 11.6 Å². The minimum atomic E-state index is -0.275. The zero-order chi connectivity index (χ0) is 18.8. The van der Waals surface area contributed by atoms with E-state index in [1.54, 1.807) is 23.0 Å². The second-order valence-corrected chi connectivity index (χ2v) is 6.24. The van der Waals surface area contributed by atoms with Gasteiger partial charge in [-0.25, -0.2) is 14.1 Å². The molecule has 0 saturated heterocycles. The number of hydrogen-bond acceptors (Lipinski definition) is 4. The van der Waals surface area contributed by atoms with Gasteiger partial charge >= 0.3 is 0 Å². The van der Waals surface area contributed by atoms with Crippen LogP contribution in [0.4, 0.5) is 21.6 Å². The van der Waals surface area contributed by atoms with Gasteiger partial charge in [0.05, 0.1) is 17.1 Å². The van der Waals surface area contributed by atoms with Gasteiger partial charge in [-0.15, -0.1) is 0 Å². The first-order valence-corrected chi connectivity index (χ1v) is 8.50. The fourth-order valence-electron chi connectivity index (χ4n) is 2.86. The van der Waals surface area contributed by atoms with Gasteiger partial charge in [0.25, 0.3) is 0 Å².